The SMILES string of the molecule is CSCCCCN1CNC(CCc2ccccc2)C1=O. The Kier molecular flexibility index (Phi) is 6.40. The minimum absolute atomic E-state index is 0.00996. The second-order valence-corrected chi connectivity index (χ2v) is 6.23. The van der Waals surface area contributed by atoms with Crippen molar-refractivity contribution in [3.63, 3.8) is 0 Å². The largest absolute Gasteiger partial charge is 0.329 e. The number of carbonyl (C=O) groups excluding carboxylic acids is 1. The molecular formula is C16H24N2OS. The summed E-state index contributed by atoms with van der Waals surface area (Å²) in [6, 6.07) is 10.4. The van der Waals surface area contributed by atoms with Crippen molar-refractivity contribution in [2.45, 2.75) is 31.7 Å². The fraction of sp³-hybridized carbons (Fsp3) is 0.562. The highest BCUT2D eigenvalue weighted by Crippen LogP contribution is 2.12. The molecule has 0 aliphatic carbocycles. The van der Waals surface area contributed by atoms with Gasteiger partial charge in [-0.1, -0.05) is 30.3 Å². The van der Waals surface area contributed by atoms with Crippen LogP contribution < -0.4 is 5.32 Å². The van der Waals surface area contributed by atoms with Crippen molar-refractivity contribution in [2.75, 3.05) is 25.2 Å². The molecule has 0 radical (unpaired) electrons. The molecule has 1 aliphatic heterocycles. The first kappa shape index (κ1) is 15.4. The molecule has 0 spiro atoms. The molecule has 2 rings (SSSR count). The topological polar surface area (TPSA) is 32.3 Å². The Balaban J connectivity index is 1.71. The van der Waals surface area contributed by atoms with E-state index < -0.39 is 0 Å². The summed E-state index contributed by atoms with van der Waals surface area (Å²) in [4.78, 5) is 14.2. The van der Waals surface area contributed by atoms with Crippen molar-refractivity contribution >= 4 is 17.7 Å². The molecule has 0 aromatic heterocycles. The molecule has 20 heavy (non-hydrogen) atoms. The Bertz CT molecular complexity index is 410. The van der Waals surface area contributed by atoms with E-state index in [9.17, 15) is 4.79 Å². The van der Waals surface area contributed by atoms with Gasteiger partial charge in [-0.3, -0.25) is 10.1 Å². The smallest absolute Gasteiger partial charge is 0.240 e. The number of thioether (sulfide) groups is 1. The Morgan fingerprint density at radius 3 is 2.85 bits per heavy atom. The van der Waals surface area contributed by atoms with E-state index in [-0.39, 0.29) is 11.9 Å². The number of unbranched alkanes of at least 4 members (excludes halogenated alkanes) is 1. The molecule has 1 unspecified atom stereocenters. The van der Waals surface area contributed by atoms with Crippen molar-refractivity contribution in [3.8, 4) is 0 Å². The molecule has 1 atom stereocenters. The lowest BCUT2D eigenvalue weighted by atomic mass is 10.1. The van der Waals surface area contributed by atoms with Crippen LogP contribution in [0.25, 0.3) is 0 Å². The molecule has 4 heteroatoms. The molecular weight excluding hydrogens is 268 g/mol. The highest BCUT2D eigenvalue weighted by atomic mass is 32.2. The predicted molar refractivity (Wildman–Crippen MR) is 85.9 cm³/mol. The van der Waals surface area contributed by atoms with Crippen LogP contribution in [0.1, 0.15) is 24.8 Å². The predicted octanol–water partition coefficient (Wildman–Crippen LogP) is 2.52. The van der Waals surface area contributed by atoms with Gasteiger partial charge in [-0.15, -0.1) is 0 Å². The molecule has 1 aromatic carbocycles. The Hall–Kier alpha value is -1.00. The highest BCUT2D eigenvalue weighted by molar-refractivity contribution is 7.98. The molecule has 1 fully saturated rings. The number of amides is 1. The zero-order valence-corrected chi connectivity index (χ0v) is 13.0. The zero-order chi connectivity index (χ0) is 14.2. The van der Waals surface area contributed by atoms with E-state index >= 15 is 0 Å². The summed E-state index contributed by atoms with van der Waals surface area (Å²) < 4.78 is 0. The number of hydrogen-bond acceptors (Lipinski definition) is 3. The summed E-state index contributed by atoms with van der Waals surface area (Å²) >= 11 is 1.87. The minimum atomic E-state index is 0.00996. The number of hydrogen-bond donors (Lipinski definition) is 1. The quantitative estimate of drug-likeness (QED) is 0.747. The first-order valence-electron chi connectivity index (χ1n) is 7.36. The number of carbonyl (C=O) groups is 1. The number of aryl methyl sites for hydroxylation is 1. The van der Waals surface area contributed by atoms with Crippen molar-refractivity contribution in [2.24, 2.45) is 0 Å². The second-order valence-electron chi connectivity index (χ2n) is 5.24. The van der Waals surface area contributed by atoms with Crippen molar-refractivity contribution in [1.82, 2.24) is 10.2 Å². The first-order valence-corrected chi connectivity index (χ1v) is 8.75. The van der Waals surface area contributed by atoms with Gasteiger partial charge in [0, 0.05) is 6.54 Å². The Morgan fingerprint density at radius 1 is 1.30 bits per heavy atom. The normalized spacial score (nSPS) is 18.8. The maximum absolute atomic E-state index is 12.2. The molecule has 1 amide bonds. The highest BCUT2D eigenvalue weighted by Gasteiger charge is 2.29. The maximum Gasteiger partial charge on any atom is 0.240 e. The van der Waals surface area contributed by atoms with Crippen LogP contribution in [0.2, 0.25) is 0 Å². The third-order valence-electron chi connectivity index (χ3n) is 3.73. The van der Waals surface area contributed by atoms with Gasteiger partial charge in [0.2, 0.25) is 5.91 Å². The summed E-state index contributed by atoms with van der Waals surface area (Å²) in [5.74, 6) is 1.47. The monoisotopic (exact) mass is 292 g/mol. The number of nitrogens with one attached hydrogen (secondary N) is 1. The summed E-state index contributed by atoms with van der Waals surface area (Å²) in [6.45, 7) is 1.62. The van der Waals surface area contributed by atoms with Crippen LogP contribution in [-0.4, -0.2) is 42.1 Å². The molecule has 3 nitrogen and oxygen atoms in total. The molecule has 0 bridgehead atoms. The van der Waals surface area contributed by atoms with Crippen LogP contribution in [0.15, 0.2) is 30.3 Å². The molecule has 1 aliphatic rings. The summed E-state index contributed by atoms with van der Waals surface area (Å²) in [6.07, 6.45) is 6.29. The fourth-order valence-corrected chi connectivity index (χ4v) is 3.02. The average molecular weight is 292 g/mol. The summed E-state index contributed by atoms with van der Waals surface area (Å²) in [5.41, 5.74) is 1.31. The lowest BCUT2D eigenvalue weighted by Crippen LogP contribution is -2.31. The van der Waals surface area contributed by atoms with Crippen LogP contribution in [0, 0.1) is 0 Å². The van der Waals surface area contributed by atoms with E-state index in [0.717, 1.165) is 32.5 Å². The van der Waals surface area contributed by atoms with Gasteiger partial charge in [-0.25, -0.2) is 0 Å². The van der Waals surface area contributed by atoms with E-state index in [1.807, 2.05) is 22.7 Å². The van der Waals surface area contributed by atoms with Crippen molar-refractivity contribution < 1.29 is 4.79 Å². The van der Waals surface area contributed by atoms with Crippen LogP contribution in [0.5, 0.6) is 0 Å². The fourth-order valence-electron chi connectivity index (χ4n) is 2.53. The Morgan fingerprint density at radius 2 is 2.10 bits per heavy atom. The third kappa shape index (κ3) is 4.53. The van der Waals surface area contributed by atoms with Crippen LogP contribution in [0.3, 0.4) is 0 Å². The molecule has 1 heterocycles. The third-order valence-corrected chi connectivity index (χ3v) is 4.43. The van der Waals surface area contributed by atoms with Crippen LogP contribution >= 0.6 is 11.8 Å². The van der Waals surface area contributed by atoms with Gasteiger partial charge in [0.25, 0.3) is 0 Å². The van der Waals surface area contributed by atoms with E-state index in [1.165, 1.54) is 17.7 Å². The first-order chi connectivity index (χ1) is 9.81. The lowest BCUT2D eigenvalue weighted by molar-refractivity contribution is -0.129. The van der Waals surface area contributed by atoms with E-state index in [0.29, 0.717) is 0 Å². The molecule has 1 saturated heterocycles. The lowest BCUT2D eigenvalue weighted by Gasteiger charge is -2.15. The molecule has 1 N–H and O–H groups in total. The van der Waals surface area contributed by atoms with Crippen molar-refractivity contribution in [1.29, 1.82) is 0 Å². The van der Waals surface area contributed by atoms with E-state index in [1.54, 1.807) is 0 Å². The van der Waals surface area contributed by atoms with Crippen molar-refractivity contribution in [3.05, 3.63) is 35.9 Å². The second kappa shape index (κ2) is 8.32. The van der Waals surface area contributed by atoms with Crippen LogP contribution in [0.4, 0.5) is 0 Å². The number of nitrogens with zero attached hydrogens (tertiary/aromatic N) is 1. The standard InChI is InChI=1S/C16H24N2OS/c1-20-12-6-5-11-18-13-17-15(16(18)19)10-9-14-7-3-2-4-8-14/h2-4,7-8,15,17H,5-6,9-13H2,1H3. The number of benzene rings is 1. The van der Waals surface area contributed by atoms with Gasteiger partial charge in [-0.2, -0.15) is 11.8 Å². The van der Waals surface area contributed by atoms with Gasteiger partial charge >= 0.3 is 0 Å². The van der Waals surface area contributed by atoms with Gasteiger partial charge in [-0.05, 0) is 43.3 Å². The number of rotatable bonds is 8. The maximum atomic E-state index is 12.2. The average Bonchev–Trinajstić information content (AvgIpc) is 2.83. The minimum Gasteiger partial charge on any atom is -0.329 e. The molecule has 0 saturated carbocycles. The van der Waals surface area contributed by atoms with Gasteiger partial charge in [0.15, 0.2) is 0 Å². The summed E-state index contributed by atoms with van der Waals surface area (Å²) in [5, 5.41) is 3.34. The van der Waals surface area contributed by atoms with Gasteiger partial charge in [0.1, 0.15) is 0 Å². The van der Waals surface area contributed by atoms with Gasteiger partial charge < -0.3 is 4.90 Å². The zero-order valence-electron chi connectivity index (χ0n) is 12.2. The molecule has 1 aromatic rings. The molecule has 110 valence electrons. The van der Waals surface area contributed by atoms with Gasteiger partial charge in [0.05, 0.1) is 12.7 Å². The van der Waals surface area contributed by atoms with E-state index in [2.05, 4.69) is 35.8 Å². The van der Waals surface area contributed by atoms with E-state index in [4.69, 9.17) is 0 Å². The van der Waals surface area contributed by atoms with Crippen LogP contribution in [-0.2, 0) is 11.2 Å². The Labute approximate surface area is 126 Å². The summed E-state index contributed by atoms with van der Waals surface area (Å²) in [7, 11) is 0.